The van der Waals surface area contributed by atoms with Gasteiger partial charge in [-0.25, -0.2) is 4.79 Å². The molecule has 0 radical (unpaired) electrons. The van der Waals surface area contributed by atoms with Crippen LogP contribution in [0.1, 0.15) is 12.8 Å². The first-order valence-corrected chi connectivity index (χ1v) is 6.60. The molecular formula is C14H18N4O. The van der Waals surface area contributed by atoms with Crippen molar-refractivity contribution in [2.45, 2.75) is 18.9 Å². The lowest BCUT2D eigenvalue weighted by Gasteiger charge is -2.31. The number of amides is 2. The quantitative estimate of drug-likeness (QED) is 0.772. The summed E-state index contributed by atoms with van der Waals surface area (Å²) >= 11 is 0. The van der Waals surface area contributed by atoms with Crippen LogP contribution in [0.2, 0.25) is 0 Å². The summed E-state index contributed by atoms with van der Waals surface area (Å²) in [6, 6.07) is 8.47. The molecule has 0 bridgehead atoms. The van der Waals surface area contributed by atoms with Gasteiger partial charge in [0.1, 0.15) is 0 Å². The third-order valence-electron chi connectivity index (χ3n) is 3.73. The van der Waals surface area contributed by atoms with E-state index in [0.29, 0.717) is 6.04 Å². The molecule has 1 aromatic heterocycles. The summed E-state index contributed by atoms with van der Waals surface area (Å²) in [7, 11) is 0. The number of anilines is 1. The Labute approximate surface area is 111 Å². The summed E-state index contributed by atoms with van der Waals surface area (Å²) in [5.41, 5.74) is 7.56. The van der Waals surface area contributed by atoms with Gasteiger partial charge in [-0.1, -0.05) is 0 Å². The molecule has 19 heavy (non-hydrogen) atoms. The zero-order valence-electron chi connectivity index (χ0n) is 10.7. The second-order valence-electron chi connectivity index (χ2n) is 5.02. The number of fused-ring (bicyclic) bond motifs is 1. The predicted octanol–water partition coefficient (Wildman–Crippen LogP) is 2.12. The standard InChI is InChI=1S/C14H18N4O/c15-14(19)18-7-4-11(5-8-18)17-12-1-2-13-10(9-12)3-6-16-13/h1-3,6,9,11,16-17H,4-5,7-8H2,(H2,15,19). The number of nitrogens with two attached hydrogens (primary N) is 1. The van der Waals surface area contributed by atoms with E-state index in [2.05, 4.69) is 34.6 Å². The fourth-order valence-corrected chi connectivity index (χ4v) is 2.62. The van der Waals surface area contributed by atoms with E-state index in [-0.39, 0.29) is 6.03 Å². The van der Waals surface area contributed by atoms with Gasteiger partial charge in [0.15, 0.2) is 0 Å². The average Bonchev–Trinajstić information content (AvgIpc) is 2.87. The fourth-order valence-electron chi connectivity index (χ4n) is 2.62. The van der Waals surface area contributed by atoms with Gasteiger partial charge in [0, 0.05) is 41.9 Å². The highest BCUT2D eigenvalue weighted by Crippen LogP contribution is 2.21. The number of carbonyl (C=O) groups excluding carboxylic acids is 1. The molecule has 0 atom stereocenters. The highest BCUT2D eigenvalue weighted by Gasteiger charge is 2.20. The van der Waals surface area contributed by atoms with E-state index in [9.17, 15) is 4.79 Å². The van der Waals surface area contributed by atoms with Crippen molar-refractivity contribution >= 4 is 22.6 Å². The maximum Gasteiger partial charge on any atom is 0.314 e. The van der Waals surface area contributed by atoms with Gasteiger partial charge >= 0.3 is 6.03 Å². The molecule has 100 valence electrons. The normalized spacial score (nSPS) is 16.7. The first kappa shape index (κ1) is 11.9. The van der Waals surface area contributed by atoms with Crippen molar-refractivity contribution in [3.05, 3.63) is 30.5 Å². The molecule has 0 unspecified atom stereocenters. The largest absolute Gasteiger partial charge is 0.382 e. The Morgan fingerprint density at radius 2 is 2.11 bits per heavy atom. The van der Waals surface area contributed by atoms with Crippen molar-refractivity contribution < 1.29 is 4.79 Å². The van der Waals surface area contributed by atoms with Crippen molar-refractivity contribution in [2.75, 3.05) is 18.4 Å². The van der Waals surface area contributed by atoms with Crippen molar-refractivity contribution in [2.24, 2.45) is 5.73 Å². The van der Waals surface area contributed by atoms with Crippen LogP contribution in [0.3, 0.4) is 0 Å². The lowest BCUT2D eigenvalue weighted by atomic mass is 10.0. The van der Waals surface area contributed by atoms with Crippen LogP contribution in [-0.2, 0) is 0 Å². The van der Waals surface area contributed by atoms with Crippen LogP contribution < -0.4 is 11.1 Å². The van der Waals surface area contributed by atoms with E-state index in [0.717, 1.165) is 37.1 Å². The van der Waals surface area contributed by atoms with Crippen molar-refractivity contribution in [3.8, 4) is 0 Å². The number of aromatic nitrogens is 1. The molecule has 2 amide bonds. The third kappa shape index (κ3) is 2.50. The number of hydrogen-bond acceptors (Lipinski definition) is 2. The number of primary amides is 1. The number of aromatic amines is 1. The Balaban J connectivity index is 1.64. The zero-order chi connectivity index (χ0) is 13.2. The number of hydrogen-bond donors (Lipinski definition) is 3. The predicted molar refractivity (Wildman–Crippen MR) is 76.1 cm³/mol. The average molecular weight is 258 g/mol. The van der Waals surface area contributed by atoms with Crippen molar-refractivity contribution in [3.63, 3.8) is 0 Å². The van der Waals surface area contributed by atoms with Crippen LogP contribution in [0.5, 0.6) is 0 Å². The topological polar surface area (TPSA) is 74.2 Å². The highest BCUT2D eigenvalue weighted by atomic mass is 16.2. The number of likely N-dealkylation sites (tertiary alicyclic amines) is 1. The smallest absolute Gasteiger partial charge is 0.314 e. The second kappa shape index (κ2) is 4.84. The Bertz CT molecular complexity index is 584. The number of nitrogens with one attached hydrogen (secondary N) is 2. The maximum atomic E-state index is 11.1. The highest BCUT2D eigenvalue weighted by molar-refractivity contribution is 5.83. The molecule has 1 saturated heterocycles. The number of urea groups is 1. The van der Waals surface area contributed by atoms with E-state index >= 15 is 0 Å². The minimum atomic E-state index is -0.313. The Morgan fingerprint density at radius 3 is 2.84 bits per heavy atom. The summed E-state index contributed by atoms with van der Waals surface area (Å²) in [5.74, 6) is 0. The summed E-state index contributed by atoms with van der Waals surface area (Å²) in [6.45, 7) is 1.47. The fraction of sp³-hybridized carbons (Fsp3) is 0.357. The van der Waals surface area contributed by atoms with Gasteiger partial charge in [-0.2, -0.15) is 0 Å². The Hall–Kier alpha value is -2.17. The van der Waals surface area contributed by atoms with Gasteiger partial charge in [0.2, 0.25) is 0 Å². The molecule has 1 aliphatic heterocycles. The number of piperidine rings is 1. The number of carbonyl (C=O) groups is 1. The SMILES string of the molecule is NC(=O)N1CCC(Nc2ccc3[nH]ccc3c2)CC1. The summed E-state index contributed by atoms with van der Waals surface area (Å²) in [5, 5.41) is 4.74. The minimum Gasteiger partial charge on any atom is -0.382 e. The van der Waals surface area contributed by atoms with Gasteiger partial charge in [0.05, 0.1) is 0 Å². The van der Waals surface area contributed by atoms with Gasteiger partial charge < -0.3 is 20.9 Å². The van der Waals surface area contributed by atoms with Crippen molar-refractivity contribution in [1.29, 1.82) is 0 Å². The van der Waals surface area contributed by atoms with Crippen LogP contribution in [-0.4, -0.2) is 35.0 Å². The van der Waals surface area contributed by atoms with Crippen LogP contribution in [0.15, 0.2) is 30.5 Å². The number of nitrogens with zero attached hydrogens (tertiary/aromatic N) is 1. The van der Waals surface area contributed by atoms with Crippen LogP contribution in [0, 0.1) is 0 Å². The van der Waals surface area contributed by atoms with E-state index in [1.54, 1.807) is 4.90 Å². The third-order valence-corrected chi connectivity index (χ3v) is 3.73. The number of rotatable bonds is 2. The van der Waals surface area contributed by atoms with Crippen LogP contribution in [0.4, 0.5) is 10.5 Å². The lowest BCUT2D eigenvalue weighted by molar-refractivity contribution is 0.193. The first-order chi connectivity index (χ1) is 9.22. The maximum absolute atomic E-state index is 11.1. The van der Waals surface area contributed by atoms with E-state index in [4.69, 9.17) is 5.73 Å². The molecule has 4 N–H and O–H groups in total. The van der Waals surface area contributed by atoms with Gasteiger partial charge in [-0.15, -0.1) is 0 Å². The molecule has 1 aliphatic rings. The number of benzene rings is 1. The summed E-state index contributed by atoms with van der Waals surface area (Å²) < 4.78 is 0. The van der Waals surface area contributed by atoms with Gasteiger partial charge in [-0.05, 0) is 37.1 Å². The number of H-pyrrole nitrogens is 1. The van der Waals surface area contributed by atoms with E-state index in [1.807, 2.05) is 6.20 Å². The molecule has 1 fully saturated rings. The monoisotopic (exact) mass is 258 g/mol. The molecule has 5 heteroatoms. The molecule has 2 heterocycles. The summed E-state index contributed by atoms with van der Waals surface area (Å²) in [6.07, 6.45) is 3.82. The minimum absolute atomic E-state index is 0.313. The molecular weight excluding hydrogens is 240 g/mol. The molecule has 0 spiro atoms. The first-order valence-electron chi connectivity index (χ1n) is 6.60. The molecule has 0 saturated carbocycles. The zero-order valence-corrected chi connectivity index (χ0v) is 10.7. The van der Waals surface area contributed by atoms with Gasteiger partial charge in [0.25, 0.3) is 0 Å². The van der Waals surface area contributed by atoms with E-state index in [1.165, 1.54) is 5.39 Å². The summed E-state index contributed by atoms with van der Waals surface area (Å²) in [4.78, 5) is 15.9. The van der Waals surface area contributed by atoms with Crippen LogP contribution in [0.25, 0.3) is 10.9 Å². The molecule has 1 aromatic carbocycles. The molecule has 2 aromatic rings. The molecule has 0 aliphatic carbocycles. The lowest BCUT2D eigenvalue weighted by Crippen LogP contribution is -2.44. The second-order valence-corrected chi connectivity index (χ2v) is 5.02. The Morgan fingerprint density at radius 1 is 1.32 bits per heavy atom. The van der Waals surface area contributed by atoms with Crippen molar-refractivity contribution in [1.82, 2.24) is 9.88 Å². The Kier molecular flexibility index (Phi) is 3.03. The van der Waals surface area contributed by atoms with Crippen LogP contribution >= 0.6 is 0 Å². The van der Waals surface area contributed by atoms with Gasteiger partial charge in [-0.3, -0.25) is 0 Å². The molecule has 3 rings (SSSR count). The van der Waals surface area contributed by atoms with E-state index < -0.39 is 0 Å². The molecule has 5 nitrogen and oxygen atoms in total.